The molecule has 1 aromatic carbocycles. The lowest BCUT2D eigenvalue weighted by Crippen LogP contribution is -2.44. The van der Waals surface area contributed by atoms with Gasteiger partial charge in [0.15, 0.2) is 0 Å². The zero-order chi connectivity index (χ0) is 14.5. The van der Waals surface area contributed by atoms with Gasteiger partial charge in [0, 0.05) is 13.1 Å². The summed E-state index contributed by atoms with van der Waals surface area (Å²) in [5.41, 5.74) is 0. The molecule has 3 heteroatoms. The third kappa shape index (κ3) is 3.96. The third-order valence-corrected chi connectivity index (χ3v) is 4.28. The van der Waals surface area contributed by atoms with Gasteiger partial charge in [-0.15, -0.1) is 0 Å². The maximum absolute atomic E-state index is 10.2. The van der Waals surface area contributed by atoms with Crippen LogP contribution in [0.4, 0.5) is 0 Å². The van der Waals surface area contributed by atoms with E-state index in [0.717, 1.165) is 18.8 Å². The highest BCUT2D eigenvalue weighted by Gasteiger charge is 2.27. The zero-order valence-electron chi connectivity index (χ0n) is 12.3. The van der Waals surface area contributed by atoms with Crippen molar-refractivity contribution in [3.63, 3.8) is 0 Å². The lowest BCUT2D eigenvalue weighted by atomic mass is 9.82. The average molecular weight is 285 g/mol. The van der Waals surface area contributed by atoms with Crippen molar-refractivity contribution >= 4 is 0 Å². The summed E-state index contributed by atoms with van der Waals surface area (Å²) in [5.74, 6) is 2.10. The summed E-state index contributed by atoms with van der Waals surface area (Å²) in [6, 6.07) is 9.67. The summed E-state index contributed by atoms with van der Waals surface area (Å²) in [7, 11) is 0. The molecule has 1 saturated heterocycles. The Kier molecular flexibility index (Phi) is 4.73. The Morgan fingerprint density at radius 3 is 2.71 bits per heavy atom. The zero-order valence-corrected chi connectivity index (χ0v) is 12.3. The number of benzene rings is 1. The van der Waals surface area contributed by atoms with Gasteiger partial charge in [0.05, 0.1) is 0 Å². The second-order valence-corrected chi connectivity index (χ2v) is 5.92. The summed E-state index contributed by atoms with van der Waals surface area (Å²) < 4.78 is 5.61. The van der Waals surface area contributed by atoms with E-state index in [9.17, 15) is 5.11 Å². The van der Waals surface area contributed by atoms with Crippen LogP contribution >= 0.6 is 0 Å². The Morgan fingerprint density at radius 2 is 1.90 bits per heavy atom. The fourth-order valence-electron chi connectivity index (χ4n) is 3.15. The molecule has 1 aliphatic carbocycles. The van der Waals surface area contributed by atoms with E-state index in [1.54, 1.807) is 0 Å². The van der Waals surface area contributed by atoms with Crippen LogP contribution < -0.4 is 4.74 Å². The number of β-amino-alcohol motifs (C(OH)–C–C–N with tert-alkyl or cyclic N) is 1. The minimum Gasteiger partial charge on any atom is -0.491 e. The van der Waals surface area contributed by atoms with Gasteiger partial charge in [0.1, 0.15) is 18.5 Å². The molecule has 0 spiro atoms. The van der Waals surface area contributed by atoms with Crippen molar-refractivity contribution in [1.29, 1.82) is 0 Å². The van der Waals surface area contributed by atoms with Gasteiger partial charge in [-0.3, -0.25) is 0 Å². The largest absolute Gasteiger partial charge is 0.491 e. The summed E-state index contributed by atoms with van der Waals surface area (Å²) in [4.78, 5) is 2.35. The van der Waals surface area contributed by atoms with Gasteiger partial charge >= 0.3 is 0 Å². The van der Waals surface area contributed by atoms with Crippen LogP contribution in [-0.4, -0.2) is 42.4 Å². The van der Waals surface area contributed by atoms with Crippen molar-refractivity contribution in [3.8, 4) is 5.75 Å². The van der Waals surface area contributed by atoms with Crippen LogP contribution in [-0.2, 0) is 0 Å². The maximum atomic E-state index is 10.2. The number of nitrogens with zero attached hydrogens (tertiary/aromatic N) is 1. The van der Waals surface area contributed by atoms with E-state index < -0.39 is 6.10 Å². The summed E-state index contributed by atoms with van der Waals surface area (Å²) >= 11 is 0. The van der Waals surface area contributed by atoms with Gasteiger partial charge < -0.3 is 14.7 Å². The molecule has 0 saturated carbocycles. The standard InChI is InChI=1S/C18H23NO2/c20-17(14-21-18-8-2-1-3-9-18)13-19-11-10-15-6-4-5-7-16(15)12-19/h1-9,15-17,20H,10-14H2/t15-,16+,17+/m0/s1. The highest BCUT2D eigenvalue weighted by molar-refractivity contribution is 5.21. The Hall–Kier alpha value is -1.58. The summed E-state index contributed by atoms with van der Waals surface area (Å²) in [5, 5.41) is 10.2. The van der Waals surface area contributed by atoms with Crippen molar-refractivity contribution in [1.82, 2.24) is 4.90 Å². The molecule has 1 fully saturated rings. The van der Waals surface area contributed by atoms with E-state index >= 15 is 0 Å². The van der Waals surface area contributed by atoms with E-state index in [-0.39, 0.29) is 0 Å². The van der Waals surface area contributed by atoms with Crippen molar-refractivity contribution < 1.29 is 9.84 Å². The number of aliphatic hydroxyl groups excluding tert-OH is 1. The molecular weight excluding hydrogens is 262 g/mol. The van der Waals surface area contributed by atoms with Crippen LogP contribution in [0.25, 0.3) is 0 Å². The molecule has 0 aromatic heterocycles. The fourth-order valence-corrected chi connectivity index (χ4v) is 3.15. The molecule has 3 rings (SSSR count). The average Bonchev–Trinajstić information content (AvgIpc) is 2.54. The van der Waals surface area contributed by atoms with Crippen LogP contribution in [0.15, 0.2) is 54.6 Å². The van der Waals surface area contributed by atoms with E-state index in [4.69, 9.17) is 4.74 Å². The molecule has 1 N–H and O–H groups in total. The molecule has 1 heterocycles. The van der Waals surface area contributed by atoms with E-state index in [1.165, 1.54) is 6.42 Å². The van der Waals surface area contributed by atoms with E-state index in [2.05, 4.69) is 29.2 Å². The first-order chi connectivity index (χ1) is 10.3. The number of ether oxygens (including phenoxy) is 1. The SMILES string of the molecule is O[C@@H](COc1ccccc1)CN1CC[C@@H]2C=CC=C[C@@H]2C1. The molecule has 3 nitrogen and oxygen atoms in total. The fraction of sp³-hybridized carbons (Fsp3) is 0.444. The quantitative estimate of drug-likeness (QED) is 0.902. The Bertz CT molecular complexity index is 497. The number of hydrogen-bond acceptors (Lipinski definition) is 3. The predicted octanol–water partition coefficient (Wildman–Crippen LogP) is 2.49. The number of allylic oxidation sites excluding steroid dienone is 3. The number of hydrogen-bond donors (Lipinski definition) is 1. The maximum Gasteiger partial charge on any atom is 0.119 e. The minimum absolute atomic E-state index is 0.352. The summed E-state index contributed by atoms with van der Waals surface area (Å²) in [6.07, 6.45) is 9.64. The Labute approximate surface area is 126 Å². The molecule has 21 heavy (non-hydrogen) atoms. The number of rotatable bonds is 5. The molecule has 1 aromatic rings. The first-order valence-corrected chi connectivity index (χ1v) is 7.74. The lowest BCUT2D eigenvalue weighted by molar-refractivity contribution is 0.0499. The van der Waals surface area contributed by atoms with Gasteiger partial charge in [0.2, 0.25) is 0 Å². The van der Waals surface area contributed by atoms with Gasteiger partial charge in [-0.05, 0) is 36.9 Å². The van der Waals surface area contributed by atoms with E-state index in [0.29, 0.717) is 25.0 Å². The van der Waals surface area contributed by atoms with Crippen LogP contribution in [0.5, 0.6) is 5.75 Å². The molecule has 0 amide bonds. The second-order valence-electron chi connectivity index (χ2n) is 5.92. The van der Waals surface area contributed by atoms with Gasteiger partial charge in [0.25, 0.3) is 0 Å². The molecule has 0 bridgehead atoms. The summed E-state index contributed by atoms with van der Waals surface area (Å²) in [6.45, 7) is 3.13. The van der Waals surface area contributed by atoms with Crippen LogP contribution in [0.1, 0.15) is 6.42 Å². The van der Waals surface area contributed by atoms with Gasteiger partial charge in [-0.2, -0.15) is 0 Å². The monoisotopic (exact) mass is 285 g/mol. The molecule has 1 aliphatic heterocycles. The molecular formula is C18H23NO2. The number of likely N-dealkylation sites (tertiary alicyclic amines) is 1. The minimum atomic E-state index is -0.440. The smallest absolute Gasteiger partial charge is 0.119 e. The van der Waals surface area contributed by atoms with Crippen molar-refractivity contribution in [2.45, 2.75) is 12.5 Å². The molecule has 112 valence electrons. The number of aliphatic hydroxyl groups is 1. The molecule has 0 unspecified atom stereocenters. The molecule has 2 aliphatic rings. The number of fused-ring (bicyclic) bond motifs is 1. The highest BCUT2D eigenvalue weighted by Crippen LogP contribution is 2.28. The second kappa shape index (κ2) is 6.92. The van der Waals surface area contributed by atoms with Gasteiger partial charge in [-0.1, -0.05) is 42.5 Å². The number of para-hydroxylation sites is 1. The van der Waals surface area contributed by atoms with Gasteiger partial charge in [-0.25, -0.2) is 0 Å². The molecule has 3 atom stereocenters. The van der Waals surface area contributed by atoms with Crippen LogP contribution in [0.2, 0.25) is 0 Å². The lowest BCUT2D eigenvalue weighted by Gasteiger charge is -2.37. The highest BCUT2D eigenvalue weighted by atomic mass is 16.5. The van der Waals surface area contributed by atoms with Crippen LogP contribution in [0.3, 0.4) is 0 Å². The third-order valence-electron chi connectivity index (χ3n) is 4.28. The van der Waals surface area contributed by atoms with Crippen molar-refractivity contribution in [2.24, 2.45) is 11.8 Å². The molecule has 0 radical (unpaired) electrons. The van der Waals surface area contributed by atoms with Crippen molar-refractivity contribution in [2.75, 3.05) is 26.2 Å². The topological polar surface area (TPSA) is 32.7 Å². The Morgan fingerprint density at radius 1 is 1.14 bits per heavy atom. The van der Waals surface area contributed by atoms with Crippen LogP contribution in [0, 0.1) is 11.8 Å². The number of piperidine rings is 1. The first-order valence-electron chi connectivity index (χ1n) is 7.74. The Balaban J connectivity index is 1.44. The van der Waals surface area contributed by atoms with E-state index in [1.807, 2.05) is 30.3 Å². The predicted molar refractivity (Wildman–Crippen MR) is 84.3 cm³/mol. The normalized spacial score (nSPS) is 26.3. The first kappa shape index (κ1) is 14.4. The van der Waals surface area contributed by atoms with Crippen molar-refractivity contribution in [3.05, 3.63) is 54.6 Å².